The Balaban J connectivity index is 1.35. The number of nitrogens with one attached hydrogen (secondary N) is 1. The Labute approximate surface area is 185 Å². The maximum Gasteiger partial charge on any atom is 0.233 e. The summed E-state index contributed by atoms with van der Waals surface area (Å²) in [6, 6.07) is 13.0. The van der Waals surface area contributed by atoms with Crippen LogP contribution >= 0.6 is 0 Å². The van der Waals surface area contributed by atoms with E-state index in [4.69, 9.17) is 4.74 Å². The molecule has 166 valence electrons. The van der Waals surface area contributed by atoms with Gasteiger partial charge in [-0.1, -0.05) is 30.3 Å². The van der Waals surface area contributed by atoms with Gasteiger partial charge in [0.2, 0.25) is 5.91 Å². The van der Waals surface area contributed by atoms with E-state index < -0.39 is 5.41 Å². The molecule has 1 aromatic heterocycles. The van der Waals surface area contributed by atoms with Gasteiger partial charge in [0.15, 0.2) is 0 Å². The van der Waals surface area contributed by atoms with Gasteiger partial charge in [-0.15, -0.1) is 0 Å². The third-order valence-electron chi connectivity index (χ3n) is 7.57. The van der Waals surface area contributed by atoms with Crippen molar-refractivity contribution in [2.45, 2.75) is 63.8 Å². The topological polar surface area (TPSA) is 71.5 Å². The van der Waals surface area contributed by atoms with Gasteiger partial charge in [0.25, 0.3) is 0 Å². The number of aromatic nitrogens is 1. The molecule has 2 atom stereocenters. The number of pyridine rings is 1. The van der Waals surface area contributed by atoms with Crippen LogP contribution in [-0.4, -0.2) is 29.2 Å². The van der Waals surface area contributed by atoms with E-state index in [1.807, 2.05) is 49.4 Å². The maximum atomic E-state index is 13.0. The van der Waals surface area contributed by atoms with Crippen LogP contribution in [0.15, 0.2) is 48.7 Å². The van der Waals surface area contributed by atoms with Crippen molar-refractivity contribution in [1.29, 1.82) is 0 Å². The molecule has 3 aliphatic rings. The van der Waals surface area contributed by atoms with Crippen LogP contribution in [0.3, 0.4) is 0 Å². The molecule has 3 aliphatic carbocycles. The van der Waals surface area contributed by atoms with E-state index in [-0.39, 0.29) is 18.6 Å². The minimum Gasteiger partial charge on any atom is -0.491 e. The Morgan fingerprint density at radius 3 is 2.45 bits per heavy atom. The van der Waals surface area contributed by atoms with Crippen LogP contribution in [0, 0.1) is 11.3 Å². The molecule has 0 spiro atoms. The van der Waals surface area contributed by atoms with E-state index >= 15 is 0 Å². The molecular formula is C26H34N2O3. The van der Waals surface area contributed by atoms with Gasteiger partial charge >= 0.3 is 0 Å². The number of carbonyl (C=O) groups is 1. The van der Waals surface area contributed by atoms with E-state index in [9.17, 15) is 9.90 Å². The Bertz CT molecular complexity index is 862. The first-order valence-electron chi connectivity index (χ1n) is 11.5. The number of amides is 1. The average molecular weight is 423 g/mol. The summed E-state index contributed by atoms with van der Waals surface area (Å²) in [6.07, 6.45) is 9.69. The fourth-order valence-corrected chi connectivity index (χ4v) is 5.06. The molecule has 2 aromatic rings. The molecule has 5 rings (SSSR count). The lowest BCUT2D eigenvalue weighted by Gasteiger charge is -2.46. The minimum atomic E-state index is -1.00. The van der Waals surface area contributed by atoms with Gasteiger partial charge in [0.05, 0.1) is 36.6 Å². The summed E-state index contributed by atoms with van der Waals surface area (Å²) < 4.78 is 6.13. The largest absolute Gasteiger partial charge is 0.491 e. The fraction of sp³-hybridized carbons (Fsp3) is 0.538. The second kappa shape index (κ2) is 8.99. The molecule has 5 heteroatoms. The summed E-state index contributed by atoms with van der Waals surface area (Å²) in [5, 5.41) is 13.0. The number of fused-ring (bicyclic) bond motifs is 3. The molecule has 1 heterocycles. The normalized spacial score (nSPS) is 25.5. The third kappa shape index (κ3) is 4.62. The summed E-state index contributed by atoms with van der Waals surface area (Å²) in [5.74, 6) is 1.52. The first kappa shape index (κ1) is 21.8. The van der Waals surface area contributed by atoms with Gasteiger partial charge in [0, 0.05) is 5.41 Å². The molecule has 2 bridgehead atoms. The van der Waals surface area contributed by atoms with Crippen molar-refractivity contribution in [2.24, 2.45) is 11.3 Å². The van der Waals surface area contributed by atoms with Crippen molar-refractivity contribution in [3.8, 4) is 5.75 Å². The molecule has 3 fully saturated rings. The number of hydrogen-bond donors (Lipinski definition) is 2. The molecule has 3 saturated carbocycles. The van der Waals surface area contributed by atoms with Crippen molar-refractivity contribution in [3.05, 3.63) is 59.9 Å². The summed E-state index contributed by atoms with van der Waals surface area (Å²) in [6.45, 7) is 4.17. The van der Waals surface area contributed by atoms with Crippen molar-refractivity contribution in [2.75, 3.05) is 13.2 Å². The van der Waals surface area contributed by atoms with Gasteiger partial charge in [-0.3, -0.25) is 9.78 Å². The Hall–Kier alpha value is -2.40. The standard InChI is InChI=1S/C26H34N2O3/c1-19(28-24(30)25(2,17-29)21-6-4-3-5-7-21)23-9-8-22(16-27-23)31-18-26-13-10-20(11-14-26)12-15-26/h3-9,16,19-20,29H,10-15,17-18H2,1-2H3,(H,28,30)/t19-,20?,25+,26?/m0/s1. The van der Waals surface area contributed by atoms with Gasteiger partial charge in [-0.25, -0.2) is 0 Å². The smallest absolute Gasteiger partial charge is 0.233 e. The Morgan fingerprint density at radius 2 is 1.87 bits per heavy atom. The third-order valence-corrected chi connectivity index (χ3v) is 7.57. The van der Waals surface area contributed by atoms with E-state index in [2.05, 4.69) is 10.3 Å². The lowest BCUT2D eigenvalue weighted by molar-refractivity contribution is -0.128. The summed E-state index contributed by atoms with van der Waals surface area (Å²) in [4.78, 5) is 17.5. The fourth-order valence-electron chi connectivity index (χ4n) is 5.06. The molecular weight excluding hydrogens is 388 g/mol. The Kier molecular flexibility index (Phi) is 6.33. The van der Waals surface area contributed by atoms with Crippen molar-refractivity contribution in [1.82, 2.24) is 10.3 Å². The van der Waals surface area contributed by atoms with Crippen LogP contribution < -0.4 is 10.1 Å². The molecule has 1 aromatic carbocycles. The molecule has 1 amide bonds. The van der Waals surface area contributed by atoms with Crippen molar-refractivity contribution < 1.29 is 14.6 Å². The quantitative estimate of drug-likeness (QED) is 0.654. The highest BCUT2D eigenvalue weighted by atomic mass is 16.5. The van der Waals surface area contributed by atoms with E-state index in [1.54, 1.807) is 13.1 Å². The number of hydrogen-bond acceptors (Lipinski definition) is 4. The predicted octanol–water partition coefficient (Wildman–Crippen LogP) is 4.56. The van der Waals surface area contributed by atoms with Crippen LogP contribution in [0.2, 0.25) is 0 Å². The second-order valence-electron chi connectivity index (χ2n) is 9.74. The second-order valence-corrected chi connectivity index (χ2v) is 9.74. The van der Waals surface area contributed by atoms with E-state index in [0.29, 0.717) is 5.41 Å². The van der Waals surface area contributed by atoms with Crippen LogP contribution in [0.4, 0.5) is 0 Å². The number of ether oxygens (including phenoxy) is 1. The SMILES string of the molecule is C[C@H](NC(=O)[C@](C)(CO)c1ccccc1)c1ccc(OCC23CCC(CC2)CC3)cn1. The highest BCUT2D eigenvalue weighted by Crippen LogP contribution is 2.50. The molecule has 5 nitrogen and oxygen atoms in total. The predicted molar refractivity (Wildman–Crippen MR) is 121 cm³/mol. The first-order valence-corrected chi connectivity index (χ1v) is 11.5. The number of carbonyl (C=O) groups excluding carboxylic acids is 1. The van der Waals surface area contributed by atoms with Crippen molar-refractivity contribution >= 4 is 5.91 Å². The van der Waals surface area contributed by atoms with Crippen LogP contribution in [-0.2, 0) is 10.2 Å². The van der Waals surface area contributed by atoms with Gasteiger partial charge in [-0.2, -0.15) is 0 Å². The highest BCUT2D eigenvalue weighted by Gasteiger charge is 2.41. The molecule has 0 aliphatic heterocycles. The molecule has 0 saturated heterocycles. The number of aliphatic hydroxyl groups excluding tert-OH is 1. The molecule has 31 heavy (non-hydrogen) atoms. The monoisotopic (exact) mass is 422 g/mol. The summed E-state index contributed by atoms with van der Waals surface area (Å²) in [5.41, 5.74) is 0.915. The van der Waals surface area contributed by atoms with E-state index in [0.717, 1.165) is 29.5 Å². The summed E-state index contributed by atoms with van der Waals surface area (Å²) >= 11 is 0. The molecule has 0 radical (unpaired) electrons. The number of benzene rings is 1. The van der Waals surface area contributed by atoms with Gasteiger partial charge < -0.3 is 15.2 Å². The minimum absolute atomic E-state index is 0.220. The van der Waals surface area contributed by atoms with E-state index in [1.165, 1.54) is 38.5 Å². The zero-order chi connectivity index (χ0) is 21.9. The average Bonchev–Trinajstić information content (AvgIpc) is 2.84. The van der Waals surface area contributed by atoms with Crippen molar-refractivity contribution in [3.63, 3.8) is 0 Å². The molecule has 0 unspecified atom stereocenters. The van der Waals surface area contributed by atoms with Gasteiger partial charge in [0.1, 0.15) is 5.75 Å². The molecule has 2 N–H and O–H groups in total. The zero-order valence-corrected chi connectivity index (χ0v) is 18.6. The maximum absolute atomic E-state index is 13.0. The van der Waals surface area contributed by atoms with Crippen LogP contribution in [0.1, 0.15) is 69.7 Å². The lowest BCUT2D eigenvalue weighted by Crippen LogP contribution is -2.45. The zero-order valence-electron chi connectivity index (χ0n) is 18.6. The summed E-state index contributed by atoms with van der Waals surface area (Å²) in [7, 11) is 0. The van der Waals surface area contributed by atoms with Gasteiger partial charge in [-0.05, 0) is 76.0 Å². The highest BCUT2D eigenvalue weighted by molar-refractivity contribution is 5.88. The Morgan fingerprint density at radius 1 is 1.19 bits per heavy atom. The van der Waals surface area contributed by atoms with Crippen LogP contribution in [0.25, 0.3) is 0 Å². The number of aliphatic hydroxyl groups is 1. The van der Waals surface area contributed by atoms with Crippen LogP contribution in [0.5, 0.6) is 5.75 Å². The first-order chi connectivity index (χ1) is 14.9. The lowest BCUT2D eigenvalue weighted by atomic mass is 9.61. The number of nitrogens with zero attached hydrogens (tertiary/aromatic N) is 1. The number of rotatable bonds is 8.